The SMILES string of the molecule is FC(F)(F)c1cccc(OC2CCN(CCn3cncn3)CC2)c1.O=C(O)C(F)(F)F. The van der Waals surface area contributed by atoms with E-state index >= 15 is 0 Å². The highest BCUT2D eigenvalue weighted by atomic mass is 19.4. The number of carboxylic acid groups (broad SMARTS) is 1. The van der Waals surface area contributed by atoms with Crippen LogP contribution in [0.15, 0.2) is 36.9 Å². The smallest absolute Gasteiger partial charge is 0.490 e. The number of piperidine rings is 1. The van der Waals surface area contributed by atoms with E-state index in [0.717, 1.165) is 51.2 Å². The molecule has 1 aromatic heterocycles. The second-order valence-corrected chi connectivity index (χ2v) is 6.65. The third-order valence-corrected chi connectivity index (χ3v) is 4.35. The van der Waals surface area contributed by atoms with Crippen LogP contribution in [-0.2, 0) is 17.5 Å². The van der Waals surface area contributed by atoms with E-state index in [4.69, 9.17) is 14.6 Å². The molecule has 7 nitrogen and oxygen atoms in total. The minimum absolute atomic E-state index is 0.0453. The number of hydrogen-bond acceptors (Lipinski definition) is 5. The first-order valence-corrected chi connectivity index (χ1v) is 9.14. The van der Waals surface area contributed by atoms with Crippen molar-refractivity contribution in [1.29, 1.82) is 0 Å². The molecule has 0 spiro atoms. The molecular weight excluding hydrogens is 434 g/mol. The van der Waals surface area contributed by atoms with Gasteiger partial charge in [0, 0.05) is 19.6 Å². The molecule has 0 aliphatic carbocycles. The van der Waals surface area contributed by atoms with Crippen molar-refractivity contribution in [1.82, 2.24) is 19.7 Å². The summed E-state index contributed by atoms with van der Waals surface area (Å²) in [7, 11) is 0. The van der Waals surface area contributed by atoms with Crippen LogP contribution < -0.4 is 4.74 Å². The molecule has 1 aliphatic rings. The fraction of sp³-hybridized carbons (Fsp3) is 0.500. The van der Waals surface area contributed by atoms with Gasteiger partial charge in [-0.25, -0.2) is 9.78 Å². The lowest BCUT2D eigenvalue weighted by Gasteiger charge is -2.32. The molecule has 1 fully saturated rings. The summed E-state index contributed by atoms with van der Waals surface area (Å²) in [5.41, 5.74) is -0.676. The van der Waals surface area contributed by atoms with Crippen LogP contribution in [0.5, 0.6) is 5.75 Å². The van der Waals surface area contributed by atoms with Gasteiger partial charge < -0.3 is 14.7 Å². The molecule has 2 aromatic rings. The molecule has 13 heteroatoms. The van der Waals surface area contributed by atoms with E-state index in [1.165, 1.54) is 12.4 Å². The number of aliphatic carboxylic acids is 1. The van der Waals surface area contributed by atoms with Gasteiger partial charge >= 0.3 is 18.3 Å². The lowest BCUT2D eigenvalue weighted by molar-refractivity contribution is -0.192. The zero-order valence-corrected chi connectivity index (χ0v) is 16.1. The Kier molecular flexibility index (Phi) is 8.25. The molecule has 3 rings (SSSR count). The summed E-state index contributed by atoms with van der Waals surface area (Å²) in [6.45, 7) is 3.37. The number of nitrogens with zero attached hydrogens (tertiary/aromatic N) is 4. The first-order chi connectivity index (χ1) is 14.4. The van der Waals surface area contributed by atoms with Crippen molar-refractivity contribution in [2.75, 3.05) is 19.6 Å². The van der Waals surface area contributed by atoms with Crippen molar-refractivity contribution in [3.8, 4) is 5.75 Å². The molecule has 0 saturated carbocycles. The first-order valence-electron chi connectivity index (χ1n) is 9.14. The van der Waals surface area contributed by atoms with Crippen LogP contribution in [0.4, 0.5) is 26.3 Å². The van der Waals surface area contributed by atoms with Gasteiger partial charge in [0.15, 0.2) is 0 Å². The van der Waals surface area contributed by atoms with Crippen molar-refractivity contribution < 1.29 is 41.0 Å². The summed E-state index contributed by atoms with van der Waals surface area (Å²) in [5, 5.41) is 11.2. The quantitative estimate of drug-likeness (QED) is 0.697. The topological polar surface area (TPSA) is 80.5 Å². The second-order valence-electron chi connectivity index (χ2n) is 6.65. The zero-order chi connectivity index (χ0) is 23.1. The summed E-state index contributed by atoms with van der Waals surface area (Å²) >= 11 is 0. The van der Waals surface area contributed by atoms with Crippen LogP contribution in [0, 0.1) is 0 Å². The highest BCUT2D eigenvalue weighted by Gasteiger charge is 2.38. The molecule has 0 unspecified atom stereocenters. The fourth-order valence-electron chi connectivity index (χ4n) is 2.78. The Morgan fingerprint density at radius 2 is 1.77 bits per heavy atom. The molecule has 0 amide bonds. The number of hydrogen-bond donors (Lipinski definition) is 1. The van der Waals surface area contributed by atoms with Gasteiger partial charge in [-0.3, -0.25) is 4.68 Å². The van der Waals surface area contributed by atoms with E-state index in [1.807, 2.05) is 0 Å². The highest BCUT2D eigenvalue weighted by Crippen LogP contribution is 2.32. The van der Waals surface area contributed by atoms with Crippen molar-refractivity contribution in [3.63, 3.8) is 0 Å². The molecule has 1 aromatic carbocycles. The number of likely N-dealkylation sites (tertiary alicyclic amines) is 1. The van der Waals surface area contributed by atoms with Gasteiger partial charge in [-0.05, 0) is 31.0 Å². The van der Waals surface area contributed by atoms with Crippen LogP contribution in [0.2, 0.25) is 0 Å². The molecule has 0 atom stereocenters. The predicted octanol–water partition coefficient (Wildman–Crippen LogP) is 3.47. The molecule has 1 saturated heterocycles. The van der Waals surface area contributed by atoms with Crippen LogP contribution in [-0.4, -0.2) is 62.7 Å². The van der Waals surface area contributed by atoms with Gasteiger partial charge in [-0.2, -0.15) is 31.4 Å². The Bertz CT molecular complexity index is 818. The van der Waals surface area contributed by atoms with E-state index in [1.54, 1.807) is 17.1 Å². The number of rotatable bonds is 5. The number of alkyl halides is 6. The minimum Gasteiger partial charge on any atom is -0.490 e. The van der Waals surface area contributed by atoms with Gasteiger partial charge in [0.05, 0.1) is 12.1 Å². The molecule has 1 N–H and O–H groups in total. The molecular formula is C18H20F6N4O3. The van der Waals surface area contributed by atoms with Gasteiger partial charge in [-0.1, -0.05) is 6.07 Å². The predicted molar refractivity (Wildman–Crippen MR) is 95.2 cm³/mol. The molecule has 1 aliphatic heterocycles. The second kappa shape index (κ2) is 10.5. The van der Waals surface area contributed by atoms with E-state index in [2.05, 4.69) is 15.0 Å². The van der Waals surface area contributed by atoms with Crippen LogP contribution in [0.25, 0.3) is 0 Å². The molecule has 172 valence electrons. The number of aromatic nitrogens is 3. The monoisotopic (exact) mass is 454 g/mol. The van der Waals surface area contributed by atoms with Crippen molar-refractivity contribution in [2.24, 2.45) is 0 Å². The summed E-state index contributed by atoms with van der Waals surface area (Å²) in [5.74, 6) is -2.47. The number of halogens is 6. The maximum Gasteiger partial charge on any atom is 0.490 e. The molecule has 0 radical (unpaired) electrons. The fourth-order valence-corrected chi connectivity index (χ4v) is 2.78. The van der Waals surface area contributed by atoms with Crippen LogP contribution in [0.3, 0.4) is 0 Å². The summed E-state index contributed by atoms with van der Waals surface area (Å²) in [6, 6.07) is 5.08. The number of ether oxygens (including phenoxy) is 1. The lowest BCUT2D eigenvalue weighted by Crippen LogP contribution is -2.39. The summed E-state index contributed by atoms with van der Waals surface area (Å²) in [6.07, 6.45) is -4.68. The van der Waals surface area contributed by atoms with Crippen LogP contribution in [0.1, 0.15) is 18.4 Å². The number of carboxylic acids is 1. The first kappa shape index (κ1) is 24.4. The Labute approximate surface area is 173 Å². The van der Waals surface area contributed by atoms with Crippen molar-refractivity contribution in [2.45, 2.75) is 37.8 Å². The Balaban J connectivity index is 0.000000423. The van der Waals surface area contributed by atoms with Gasteiger partial charge in [0.1, 0.15) is 24.5 Å². The lowest BCUT2D eigenvalue weighted by atomic mass is 10.1. The Hall–Kier alpha value is -2.83. The van der Waals surface area contributed by atoms with Gasteiger partial charge in [0.25, 0.3) is 0 Å². The van der Waals surface area contributed by atoms with Crippen molar-refractivity contribution in [3.05, 3.63) is 42.5 Å². The Morgan fingerprint density at radius 3 is 2.29 bits per heavy atom. The standard InChI is InChI=1S/C16H19F3N4O.C2HF3O2/c17-16(18,19)13-2-1-3-15(10-13)24-14-4-6-22(7-5-14)8-9-23-12-20-11-21-23;3-2(4,5)1(6)7/h1-3,10-12,14H,4-9H2;(H,6,7). The third-order valence-electron chi connectivity index (χ3n) is 4.35. The minimum atomic E-state index is -5.08. The molecule has 0 bridgehead atoms. The Morgan fingerprint density at radius 1 is 1.13 bits per heavy atom. The summed E-state index contributed by atoms with van der Waals surface area (Å²) in [4.78, 5) is 15.1. The van der Waals surface area contributed by atoms with Gasteiger partial charge in [0.2, 0.25) is 0 Å². The van der Waals surface area contributed by atoms with E-state index in [-0.39, 0.29) is 11.9 Å². The van der Waals surface area contributed by atoms with E-state index in [0.29, 0.717) is 0 Å². The van der Waals surface area contributed by atoms with Gasteiger partial charge in [-0.15, -0.1) is 0 Å². The normalized spacial score (nSPS) is 15.8. The average Bonchev–Trinajstić information content (AvgIpc) is 3.20. The number of carbonyl (C=O) groups is 1. The van der Waals surface area contributed by atoms with E-state index in [9.17, 15) is 26.3 Å². The third kappa shape index (κ3) is 8.44. The molecule has 2 heterocycles. The summed E-state index contributed by atoms with van der Waals surface area (Å²) < 4.78 is 77.4. The molecule has 31 heavy (non-hydrogen) atoms. The maximum absolute atomic E-state index is 12.7. The number of benzene rings is 1. The maximum atomic E-state index is 12.7. The zero-order valence-electron chi connectivity index (χ0n) is 16.1. The largest absolute Gasteiger partial charge is 0.490 e. The van der Waals surface area contributed by atoms with Crippen molar-refractivity contribution >= 4 is 5.97 Å². The van der Waals surface area contributed by atoms with Crippen LogP contribution >= 0.6 is 0 Å². The van der Waals surface area contributed by atoms with E-state index < -0.39 is 23.9 Å². The highest BCUT2D eigenvalue weighted by molar-refractivity contribution is 5.73. The average molecular weight is 454 g/mol.